The first-order valence-corrected chi connectivity index (χ1v) is 14.8. The van der Waals surface area contributed by atoms with E-state index in [-0.39, 0.29) is 29.4 Å². The monoisotopic (exact) mass is 630 g/mol. The van der Waals surface area contributed by atoms with Crippen molar-refractivity contribution < 1.29 is 27.6 Å². The van der Waals surface area contributed by atoms with Gasteiger partial charge in [0.1, 0.15) is 17.2 Å². The van der Waals surface area contributed by atoms with Crippen molar-refractivity contribution in [1.29, 1.82) is 0 Å². The molecule has 0 atom stereocenters. The molecule has 0 saturated carbocycles. The van der Waals surface area contributed by atoms with Gasteiger partial charge in [0.25, 0.3) is 5.56 Å². The molecule has 4 heterocycles. The van der Waals surface area contributed by atoms with Gasteiger partial charge in [-0.2, -0.15) is 10.2 Å². The molecule has 0 amide bonds. The number of rotatable bonds is 7. The summed E-state index contributed by atoms with van der Waals surface area (Å²) in [5.74, 6) is -0.522. The van der Waals surface area contributed by atoms with Crippen LogP contribution >= 0.6 is 0 Å². The lowest BCUT2D eigenvalue weighted by atomic mass is 10.1. The zero-order valence-corrected chi connectivity index (χ0v) is 25.5. The molecule has 1 fully saturated rings. The Hall–Kier alpha value is -5.17. The van der Waals surface area contributed by atoms with E-state index >= 15 is 0 Å². The molecular weight excluding hydrogens is 598 g/mol. The van der Waals surface area contributed by atoms with Crippen LogP contribution in [0.4, 0.5) is 13.6 Å². The van der Waals surface area contributed by atoms with Crippen molar-refractivity contribution in [2.45, 2.75) is 51.8 Å². The van der Waals surface area contributed by atoms with Crippen molar-refractivity contribution in [1.82, 2.24) is 29.6 Å². The second-order valence-electron chi connectivity index (χ2n) is 12.0. The molecule has 0 spiro atoms. The minimum Gasteiger partial charge on any atom is -0.436 e. The van der Waals surface area contributed by atoms with Gasteiger partial charge in [0, 0.05) is 42.5 Å². The number of carbonyl (C=O) groups excluding carboxylic acids is 1. The fourth-order valence-electron chi connectivity index (χ4n) is 5.17. The molecule has 0 unspecified atom stereocenters. The molecule has 1 aliphatic heterocycles. The number of hydrogen-bond acceptors (Lipinski definition) is 9. The SMILES string of the molecule is CC(C)(C)OC(=O)ON1CCC(n2cc(-c3cnc(-c4cccc(Cn5nc(-c6cc(F)cc(F)c6)ccc5=O)c4)o3)cn2)CC1. The average Bonchev–Trinajstić information content (AvgIpc) is 3.68. The Morgan fingerprint density at radius 2 is 1.74 bits per heavy atom. The molecule has 0 N–H and O–H groups in total. The minimum absolute atomic E-state index is 0.125. The van der Waals surface area contributed by atoms with Crippen LogP contribution in [0, 0.1) is 11.6 Å². The van der Waals surface area contributed by atoms with E-state index in [1.807, 2.05) is 35.1 Å². The van der Waals surface area contributed by atoms with E-state index in [0.717, 1.165) is 42.2 Å². The van der Waals surface area contributed by atoms with E-state index in [0.29, 0.717) is 30.3 Å². The van der Waals surface area contributed by atoms with Gasteiger partial charge in [-0.1, -0.05) is 12.1 Å². The van der Waals surface area contributed by atoms with E-state index < -0.39 is 23.4 Å². The second-order valence-corrected chi connectivity index (χ2v) is 12.0. The van der Waals surface area contributed by atoms with Crippen LogP contribution in [0.25, 0.3) is 34.0 Å². The number of benzene rings is 2. The molecule has 1 aliphatic rings. The van der Waals surface area contributed by atoms with Gasteiger partial charge >= 0.3 is 6.16 Å². The van der Waals surface area contributed by atoms with Crippen molar-refractivity contribution in [3.05, 3.63) is 101 Å². The second kappa shape index (κ2) is 12.7. The molecule has 0 radical (unpaired) electrons. The summed E-state index contributed by atoms with van der Waals surface area (Å²) in [5, 5.41) is 10.5. The first-order chi connectivity index (χ1) is 22.0. The molecule has 46 heavy (non-hydrogen) atoms. The van der Waals surface area contributed by atoms with Crippen LogP contribution in [0.2, 0.25) is 0 Å². The van der Waals surface area contributed by atoms with Gasteiger partial charge in [0.2, 0.25) is 5.89 Å². The van der Waals surface area contributed by atoms with E-state index in [2.05, 4.69) is 15.2 Å². The molecule has 3 aromatic heterocycles. The summed E-state index contributed by atoms with van der Waals surface area (Å²) >= 11 is 0. The third kappa shape index (κ3) is 7.37. The largest absolute Gasteiger partial charge is 0.528 e. The Morgan fingerprint density at radius 1 is 0.978 bits per heavy atom. The van der Waals surface area contributed by atoms with Crippen molar-refractivity contribution in [2.75, 3.05) is 13.1 Å². The number of carbonyl (C=O) groups is 1. The lowest BCUT2D eigenvalue weighted by Crippen LogP contribution is -2.38. The molecule has 11 nitrogen and oxygen atoms in total. The number of ether oxygens (including phenoxy) is 1. The molecule has 13 heteroatoms. The van der Waals surface area contributed by atoms with Crippen LogP contribution in [0.1, 0.15) is 45.2 Å². The highest BCUT2D eigenvalue weighted by molar-refractivity contribution is 5.61. The summed E-state index contributed by atoms with van der Waals surface area (Å²) in [6.07, 6.45) is 6.02. The van der Waals surface area contributed by atoms with Crippen LogP contribution < -0.4 is 5.56 Å². The maximum absolute atomic E-state index is 13.8. The Bertz CT molecular complexity index is 1900. The Balaban J connectivity index is 1.11. The Kier molecular flexibility index (Phi) is 8.50. The van der Waals surface area contributed by atoms with Crippen molar-refractivity contribution in [3.8, 4) is 34.0 Å². The predicted octanol–water partition coefficient (Wildman–Crippen LogP) is 6.26. The number of hydrogen-bond donors (Lipinski definition) is 0. The standard InChI is InChI=1S/C33H32F2N6O5/c1-33(2,3)45-32(43)46-39-11-9-27(10-12-39)40-20-24(17-37-40)29-18-36-31(44-29)22-6-4-5-21(13-22)19-41-30(42)8-7-28(38-41)23-14-25(34)16-26(35)15-23/h4-8,13-18,20,27H,9-12,19H2,1-3H3. The van der Waals surface area contributed by atoms with E-state index in [4.69, 9.17) is 14.0 Å². The van der Waals surface area contributed by atoms with Crippen LogP contribution in [0.15, 0.2) is 82.4 Å². The predicted molar refractivity (Wildman–Crippen MR) is 163 cm³/mol. The first kappa shape index (κ1) is 30.8. The number of aromatic nitrogens is 5. The number of hydroxylamine groups is 2. The topological polar surface area (TPSA) is 118 Å². The molecule has 6 rings (SSSR count). The molecule has 0 aliphatic carbocycles. The van der Waals surface area contributed by atoms with Crippen molar-refractivity contribution in [2.24, 2.45) is 0 Å². The van der Waals surface area contributed by atoms with Gasteiger partial charge in [0.05, 0.1) is 36.2 Å². The van der Waals surface area contributed by atoms with Crippen LogP contribution in [-0.4, -0.2) is 54.5 Å². The van der Waals surface area contributed by atoms with Crippen molar-refractivity contribution in [3.63, 3.8) is 0 Å². The zero-order chi connectivity index (χ0) is 32.4. The first-order valence-electron chi connectivity index (χ1n) is 14.8. The highest BCUT2D eigenvalue weighted by atomic mass is 19.1. The average molecular weight is 631 g/mol. The Labute approximate surface area is 263 Å². The van der Waals surface area contributed by atoms with Gasteiger partial charge in [-0.3, -0.25) is 9.48 Å². The summed E-state index contributed by atoms with van der Waals surface area (Å²) in [7, 11) is 0. The number of halogens is 2. The lowest BCUT2D eigenvalue weighted by Gasteiger charge is -2.31. The lowest BCUT2D eigenvalue weighted by molar-refractivity contribution is -0.154. The highest BCUT2D eigenvalue weighted by Gasteiger charge is 2.26. The van der Waals surface area contributed by atoms with Gasteiger partial charge in [-0.15, -0.1) is 5.06 Å². The molecule has 0 bridgehead atoms. The maximum atomic E-state index is 13.8. The summed E-state index contributed by atoms with van der Waals surface area (Å²) in [4.78, 5) is 34.3. The zero-order valence-electron chi connectivity index (χ0n) is 25.5. The third-order valence-corrected chi connectivity index (χ3v) is 7.31. The quantitative estimate of drug-likeness (QED) is 0.192. The van der Waals surface area contributed by atoms with Crippen LogP contribution in [0.3, 0.4) is 0 Å². The molecule has 2 aromatic carbocycles. The van der Waals surface area contributed by atoms with Gasteiger partial charge in [-0.25, -0.2) is 23.2 Å². The highest BCUT2D eigenvalue weighted by Crippen LogP contribution is 2.29. The molecule has 238 valence electrons. The Morgan fingerprint density at radius 3 is 2.48 bits per heavy atom. The summed E-state index contributed by atoms with van der Waals surface area (Å²) in [6.45, 7) is 6.59. The summed E-state index contributed by atoms with van der Waals surface area (Å²) in [6, 6.07) is 13.3. The number of oxazole rings is 1. The van der Waals surface area contributed by atoms with Crippen LogP contribution in [-0.2, 0) is 16.1 Å². The fourth-order valence-corrected chi connectivity index (χ4v) is 5.17. The van der Waals surface area contributed by atoms with E-state index in [1.54, 1.807) is 38.2 Å². The smallest absolute Gasteiger partial charge is 0.436 e. The number of nitrogens with zero attached hydrogens (tertiary/aromatic N) is 6. The minimum atomic E-state index is -0.729. The van der Waals surface area contributed by atoms with Crippen molar-refractivity contribution >= 4 is 6.16 Å². The van der Waals surface area contributed by atoms with Gasteiger partial charge < -0.3 is 14.0 Å². The molecular formula is C33H32F2N6O5. The third-order valence-electron chi connectivity index (χ3n) is 7.31. The van der Waals surface area contributed by atoms with Gasteiger partial charge in [-0.05, 0) is 69.5 Å². The summed E-state index contributed by atoms with van der Waals surface area (Å²) in [5.41, 5.74) is 1.74. The summed E-state index contributed by atoms with van der Waals surface area (Å²) < 4.78 is 41.9. The number of piperidine rings is 1. The maximum Gasteiger partial charge on any atom is 0.528 e. The molecule has 5 aromatic rings. The fraction of sp³-hybridized carbons (Fsp3) is 0.303. The van der Waals surface area contributed by atoms with E-state index in [9.17, 15) is 18.4 Å². The van der Waals surface area contributed by atoms with E-state index in [1.165, 1.54) is 16.8 Å². The normalized spacial score (nSPS) is 14.4. The van der Waals surface area contributed by atoms with Gasteiger partial charge in [0.15, 0.2) is 5.76 Å². The van der Waals surface area contributed by atoms with Crippen LogP contribution in [0.5, 0.6) is 0 Å². The molecule has 1 saturated heterocycles.